The van der Waals surface area contributed by atoms with Crippen LogP contribution < -0.4 is 5.73 Å². The molecule has 1 aliphatic rings. The van der Waals surface area contributed by atoms with E-state index < -0.39 is 0 Å². The Morgan fingerprint density at radius 1 is 1.47 bits per heavy atom. The Bertz CT molecular complexity index is 587. The van der Waals surface area contributed by atoms with Crippen LogP contribution in [0.4, 0.5) is 0 Å². The quantitative estimate of drug-likeness (QED) is 0.929. The molecule has 2 N–H and O–H groups in total. The Morgan fingerprint density at radius 2 is 2.26 bits per heavy atom. The molecule has 1 atom stereocenters. The molecule has 0 aliphatic heterocycles. The van der Waals surface area contributed by atoms with Gasteiger partial charge < -0.3 is 10.3 Å². The van der Waals surface area contributed by atoms with Crippen LogP contribution in [0.1, 0.15) is 24.4 Å². The van der Waals surface area contributed by atoms with Gasteiger partial charge in [0, 0.05) is 17.1 Å². The summed E-state index contributed by atoms with van der Waals surface area (Å²) in [6.07, 6.45) is 6.33. The monoisotopic (exact) mass is 275 g/mol. The van der Waals surface area contributed by atoms with E-state index in [9.17, 15) is 0 Å². The Kier molecular flexibility index (Phi) is 3.33. The number of hydrogen-bond donors (Lipinski definition) is 1. The standard InChI is InChI=1S/C15H18ClN3/c1-10-2-3-12(6-13(10)16)15-8-18-9-19(15)14(7-17)11-4-5-11/h2-3,6,8-9,11,14H,4-5,7,17H2,1H3. The first kappa shape index (κ1) is 12.7. The second-order valence-electron chi connectivity index (χ2n) is 5.29. The van der Waals surface area contributed by atoms with E-state index in [4.69, 9.17) is 17.3 Å². The van der Waals surface area contributed by atoms with Crippen molar-refractivity contribution in [2.24, 2.45) is 11.7 Å². The van der Waals surface area contributed by atoms with Crippen LogP contribution in [0.3, 0.4) is 0 Å². The lowest BCUT2D eigenvalue weighted by Gasteiger charge is -2.19. The third kappa shape index (κ3) is 2.40. The van der Waals surface area contributed by atoms with Gasteiger partial charge in [-0.05, 0) is 37.3 Å². The number of hydrogen-bond acceptors (Lipinski definition) is 2. The van der Waals surface area contributed by atoms with Crippen LogP contribution in [0.5, 0.6) is 0 Å². The van der Waals surface area contributed by atoms with E-state index in [-0.39, 0.29) is 0 Å². The lowest BCUT2D eigenvalue weighted by Crippen LogP contribution is -2.21. The minimum Gasteiger partial charge on any atom is -0.328 e. The molecule has 1 aromatic carbocycles. The summed E-state index contributed by atoms with van der Waals surface area (Å²) in [7, 11) is 0. The highest BCUT2D eigenvalue weighted by Crippen LogP contribution is 2.41. The van der Waals surface area contributed by atoms with Gasteiger partial charge in [0.1, 0.15) is 0 Å². The fraction of sp³-hybridized carbons (Fsp3) is 0.400. The van der Waals surface area contributed by atoms with Gasteiger partial charge in [0.15, 0.2) is 0 Å². The van der Waals surface area contributed by atoms with Gasteiger partial charge in [0.2, 0.25) is 0 Å². The first-order chi connectivity index (χ1) is 9.20. The fourth-order valence-corrected chi connectivity index (χ4v) is 2.74. The average Bonchev–Trinajstić information content (AvgIpc) is 3.12. The summed E-state index contributed by atoms with van der Waals surface area (Å²) in [6.45, 7) is 2.67. The van der Waals surface area contributed by atoms with Crippen molar-refractivity contribution in [1.29, 1.82) is 0 Å². The number of imidazole rings is 1. The van der Waals surface area contributed by atoms with E-state index in [2.05, 4.69) is 15.6 Å². The SMILES string of the molecule is Cc1ccc(-c2cncn2C(CN)C2CC2)cc1Cl. The van der Waals surface area contributed by atoms with Crippen molar-refractivity contribution in [3.8, 4) is 11.3 Å². The summed E-state index contributed by atoms with van der Waals surface area (Å²) in [5.41, 5.74) is 9.23. The molecule has 4 heteroatoms. The van der Waals surface area contributed by atoms with Gasteiger partial charge in [-0.3, -0.25) is 0 Å². The summed E-state index contributed by atoms with van der Waals surface area (Å²) in [5.74, 6) is 0.707. The molecule has 2 aromatic rings. The molecule has 1 saturated carbocycles. The second kappa shape index (κ2) is 4.99. The smallest absolute Gasteiger partial charge is 0.0954 e. The van der Waals surface area contributed by atoms with E-state index in [0.717, 1.165) is 21.8 Å². The predicted octanol–water partition coefficient (Wildman–Crippen LogP) is 3.42. The topological polar surface area (TPSA) is 43.8 Å². The maximum Gasteiger partial charge on any atom is 0.0954 e. The largest absolute Gasteiger partial charge is 0.328 e. The molecule has 1 fully saturated rings. The van der Waals surface area contributed by atoms with Crippen molar-refractivity contribution in [2.75, 3.05) is 6.54 Å². The van der Waals surface area contributed by atoms with Gasteiger partial charge in [-0.25, -0.2) is 4.98 Å². The van der Waals surface area contributed by atoms with Gasteiger partial charge in [-0.2, -0.15) is 0 Å². The summed E-state index contributed by atoms with van der Waals surface area (Å²) in [4.78, 5) is 4.29. The number of nitrogens with two attached hydrogens (primary N) is 1. The minimum absolute atomic E-state index is 0.359. The Balaban J connectivity index is 2.00. The molecule has 0 radical (unpaired) electrons. The van der Waals surface area contributed by atoms with Crippen molar-refractivity contribution in [3.05, 3.63) is 41.3 Å². The summed E-state index contributed by atoms with van der Waals surface area (Å²) in [5, 5.41) is 0.793. The van der Waals surface area contributed by atoms with Crippen molar-refractivity contribution < 1.29 is 0 Å². The second-order valence-corrected chi connectivity index (χ2v) is 5.70. The Morgan fingerprint density at radius 3 is 2.89 bits per heavy atom. The average molecular weight is 276 g/mol. The normalized spacial score (nSPS) is 16.6. The van der Waals surface area contributed by atoms with Crippen LogP contribution in [0, 0.1) is 12.8 Å². The number of aromatic nitrogens is 2. The first-order valence-corrected chi connectivity index (χ1v) is 7.07. The zero-order valence-electron chi connectivity index (χ0n) is 11.0. The van der Waals surface area contributed by atoms with Crippen LogP contribution in [0.25, 0.3) is 11.3 Å². The third-order valence-corrected chi connectivity index (χ3v) is 4.31. The molecule has 1 heterocycles. The lowest BCUT2D eigenvalue weighted by atomic mass is 10.1. The molecule has 0 amide bonds. The van der Waals surface area contributed by atoms with E-state index in [1.165, 1.54) is 12.8 Å². The summed E-state index contributed by atoms with van der Waals surface area (Å²) < 4.78 is 2.21. The maximum atomic E-state index is 6.22. The third-order valence-electron chi connectivity index (χ3n) is 3.90. The van der Waals surface area contributed by atoms with E-state index in [1.54, 1.807) is 0 Å². The summed E-state index contributed by atoms with van der Waals surface area (Å²) >= 11 is 6.22. The highest BCUT2D eigenvalue weighted by atomic mass is 35.5. The number of nitrogens with zero attached hydrogens (tertiary/aromatic N) is 2. The van der Waals surface area contributed by atoms with Crippen molar-refractivity contribution in [1.82, 2.24) is 9.55 Å². The van der Waals surface area contributed by atoms with E-state index in [1.807, 2.05) is 31.6 Å². The van der Waals surface area contributed by atoms with Crippen molar-refractivity contribution in [2.45, 2.75) is 25.8 Å². The first-order valence-electron chi connectivity index (χ1n) is 6.69. The van der Waals surface area contributed by atoms with E-state index in [0.29, 0.717) is 18.5 Å². The molecule has 1 unspecified atom stereocenters. The molecule has 3 nitrogen and oxygen atoms in total. The van der Waals surface area contributed by atoms with Crippen molar-refractivity contribution >= 4 is 11.6 Å². The molecule has 0 bridgehead atoms. The zero-order valence-corrected chi connectivity index (χ0v) is 11.8. The Labute approximate surface area is 118 Å². The molecule has 3 rings (SSSR count). The molecule has 19 heavy (non-hydrogen) atoms. The van der Waals surface area contributed by atoms with Crippen LogP contribution >= 0.6 is 11.6 Å². The minimum atomic E-state index is 0.359. The van der Waals surface area contributed by atoms with Crippen molar-refractivity contribution in [3.63, 3.8) is 0 Å². The highest BCUT2D eigenvalue weighted by molar-refractivity contribution is 6.31. The van der Waals surface area contributed by atoms with Crippen LogP contribution in [-0.4, -0.2) is 16.1 Å². The molecule has 0 saturated heterocycles. The number of rotatable bonds is 4. The fourth-order valence-electron chi connectivity index (χ4n) is 2.56. The maximum absolute atomic E-state index is 6.22. The van der Waals surface area contributed by atoms with Crippen LogP contribution in [0.15, 0.2) is 30.7 Å². The molecular weight excluding hydrogens is 258 g/mol. The number of aryl methyl sites for hydroxylation is 1. The molecule has 1 aliphatic carbocycles. The predicted molar refractivity (Wildman–Crippen MR) is 78.2 cm³/mol. The zero-order chi connectivity index (χ0) is 13.4. The number of halogens is 1. The Hall–Kier alpha value is -1.32. The molecule has 1 aromatic heterocycles. The van der Waals surface area contributed by atoms with Gasteiger partial charge in [-0.15, -0.1) is 0 Å². The van der Waals surface area contributed by atoms with Crippen LogP contribution in [0.2, 0.25) is 5.02 Å². The van der Waals surface area contributed by atoms with Gasteiger partial charge in [0.25, 0.3) is 0 Å². The van der Waals surface area contributed by atoms with Gasteiger partial charge in [0.05, 0.1) is 24.3 Å². The molecule has 100 valence electrons. The number of benzene rings is 1. The van der Waals surface area contributed by atoms with Gasteiger partial charge >= 0.3 is 0 Å². The lowest BCUT2D eigenvalue weighted by molar-refractivity contribution is 0.458. The van der Waals surface area contributed by atoms with E-state index >= 15 is 0 Å². The summed E-state index contributed by atoms with van der Waals surface area (Å²) in [6, 6.07) is 6.50. The molecular formula is C15H18ClN3. The highest BCUT2D eigenvalue weighted by Gasteiger charge is 2.32. The van der Waals surface area contributed by atoms with Gasteiger partial charge in [-0.1, -0.05) is 23.7 Å². The van der Waals surface area contributed by atoms with Crippen LogP contribution in [-0.2, 0) is 0 Å². The molecule has 0 spiro atoms.